The molecule has 0 aliphatic carbocycles. The van der Waals surface area contributed by atoms with Crippen molar-refractivity contribution in [1.29, 1.82) is 0 Å². The van der Waals surface area contributed by atoms with E-state index in [1.165, 1.54) is 6.07 Å². The minimum absolute atomic E-state index is 0.300. The summed E-state index contributed by atoms with van der Waals surface area (Å²) >= 11 is 5.88. The summed E-state index contributed by atoms with van der Waals surface area (Å²) in [4.78, 5) is 8.11. The summed E-state index contributed by atoms with van der Waals surface area (Å²) in [5.41, 5.74) is 2.38. The van der Waals surface area contributed by atoms with Crippen molar-refractivity contribution in [2.45, 2.75) is 13.1 Å². The van der Waals surface area contributed by atoms with Gasteiger partial charge in [0.25, 0.3) is 0 Å². The molecule has 2 aromatic carbocycles. The van der Waals surface area contributed by atoms with Gasteiger partial charge in [-0.1, -0.05) is 29.8 Å². The minimum atomic E-state index is -0.300. The van der Waals surface area contributed by atoms with Gasteiger partial charge in [0, 0.05) is 37.6 Å². The highest BCUT2D eigenvalue weighted by Gasteiger charge is 2.06. The van der Waals surface area contributed by atoms with Gasteiger partial charge in [-0.05, 0) is 35.4 Å². The van der Waals surface area contributed by atoms with Gasteiger partial charge in [0.2, 0.25) is 0 Å². The molecule has 0 saturated heterocycles. The minimum Gasteiger partial charge on any atom is -0.352 e. The number of hydrogen-bond donors (Lipinski definition) is 2. The summed E-state index contributed by atoms with van der Waals surface area (Å²) in [5, 5.41) is 7.10. The van der Waals surface area contributed by atoms with Crippen molar-refractivity contribution in [3.63, 3.8) is 0 Å². The lowest BCUT2D eigenvalue weighted by Crippen LogP contribution is -2.36. The van der Waals surface area contributed by atoms with E-state index in [0.717, 1.165) is 11.1 Å². The number of guanidine groups is 1. The van der Waals surface area contributed by atoms with Gasteiger partial charge in [0.1, 0.15) is 5.82 Å². The second kappa shape index (κ2) is 8.49. The number of halogens is 2. The molecule has 0 saturated carbocycles. The first-order valence-electron chi connectivity index (χ1n) is 8.11. The Kier molecular flexibility index (Phi) is 5.86. The van der Waals surface area contributed by atoms with Crippen molar-refractivity contribution < 1.29 is 4.39 Å². The summed E-state index contributed by atoms with van der Waals surface area (Å²) in [5.74, 6) is 0.338. The highest BCUT2D eigenvalue weighted by molar-refractivity contribution is 6.30. The molecule has 0 amide bonds. The number of benzene rings is 2. The van der Waals surface area contributed by atoms with Crippen molar-refractivity contribution in [3.05, 3.63) is 83.2 Å². The molecule has 26 heavy (non-hydrogen) atoms. The lowest BCUT2D eigenvalue weighted by Gasteiger charge is -2.13. The van der Waals surface area contributed by atoms with Gasteiger partial charge < -0.3 is 15.2 Å². The van der Waals surface area contributed by atoms with Gasteiger partial charge in [0.05, 0.1) is 12.0 Å². The van der Waals surface area contributed by atoms with E-state index in [9.17, 15) is 4.39 Å². The molecule has 1 aromatic heterocycles. The van der Waals surface area contributed by atoms with E-state index in [1.54, 1.807) is 36.4 Å². The molecule has 7 heteroatoms. The fourth-order valence-electron chi connectivity index (χ4n) is 2.47. The number of nitrogens with one attached hydrogen (secondary N) is 2. The molecule has 0 radical (unpaired) electrons. The Labute approximate surface area is 156 Å². The van der Waals surface area contributed by atoms with Crippen LogP contribution in [0.15, 0.2) is 66.2 Å². The first-order valence-corrected chi connectivity index (χ1v) is 8.49. The molecule has 3 rings (SSSR count). The number of aromatic nitrogens is 2. The predicted molar refractivity (Wildman–Crippen MR) is 102 cm³/mol. The maximum atomic E-state index is 14.3. The third-order valence-corrected chi connectivity index (χ3v) is 4.10. The van der Waals surface area contributed by atoms with Crippen LogP contribution in [0, 0.1) is 5.82 Å². The Morgan fingerprint density at radius 2 is 1.81 bits per heavy atom. The number of nitrogens with zero attached hydrogens (tertiary/aromatic N) is 3. The van der Waals surface area contributed by atoms with Gasteiger partial charge in [-0.15, -0.1) is 0 Å². The summed E-state index contributed by atoms with van der Waals surface area (Å²) in [6, 6.07) is 12.7. The number of imidazole rings is 1. The average molecular weight is 372 g/mol. The molecule has 0 unspecified atom stereocenters. The van der Waals surface area contributed by atoms with E-state index in [1.807, 2.05) is 30.3 Å². The summed E-state index contributed by atoms with van der Waals surface area (Å²) < 4.78 is 15.9. The van der Waals surface area contributed by atoms with Crippen LogP contribution in [0.1, 0.15) is 11.1 Å². The van der Waals surface area contributed by atoms with Crippen LogP contribution in [0.4, 0.5) is 4.39 Å². The zero-order valence-electron chi connectivity index (χ0n) is 14.3. The van der Waals surface area contributed by atoms with E-state index < -0.39 is 0 Å². The van der Waals surface area contributed by atoms with Gasteiger partial charge in [-0.2, -0.15) is 0 Å². The van der Waals surface area contributed by atoms with Crippen LogP contribution in [0.3, 0.4) is 0 Å². The van der Waals surface area contributed by atoms with Crippen LogP contribution in [-0.2, 0) is 13.1 Å². The zero-order chi connectivity index (χ0) is 18.4. The molecule has 1 heterocycles. The molecule has 0 atom stereocenters. The number of aliphatic imine (C=N–C) groups is 1. The molecule has 134 valence electrons. The maximum absolute atomic E-state index is 14.3. The van der Waals surface area contributed by atoms with Crippen molar-refractivity contribution in [2.24, 2.45) is 4.99 Å². The fourth-order valence-corrected chi connectivity index (χ4v) is 2.59. The van der Waals surface area contributed by atoms with Crippen LogP contribution >= 0.6 is 11.6 Å². The SMILES string of the molecule is CN=C(NCc1ccc(Cl)cc1)NCc1ccc(-n2ccnc2)c(F)c1. The van der Waals surface area contributed by atoms with Crippen LogP contribution in [0.25, 0.3) is 5.69 Å². The van der Waals surface area contributed by atoms with Gasteiger partial charge in [-0.3, -0.25) is 4.99 Å². The fraction of sp³-hybridized carbons (Fsp3) is 0.158. The topological polar surface area (TPSA) is 54.2 Å². The normalized spacial score (nSPS) is 11.4. The summed E-state index contributed by atoms with van der Waals surface area (Å²) in [6.45, 7) is 1.08. The first-order chi connectivity index (χ1) is 12.7. The van der Waals surface area contributed by atoms with Crippen molar-refractivity contribution in [3.8, 4) is 5.69 Å². The quantitative estimate of drug-likeness (QED) is 0.533. The molecule has 5 nitrogen and oxygen atoms in total. The van der Waals surface area contributed by atoms with E-state index >= 15 is 0 Å². The van der Waals surface area contributed by atoms with Crippen molar-refractivity contribution in [2.75, 3.05) is 7.05 Å². The van der Waals surface area contributed by atoms with Crippen molar-refractivity contribution in [1.82, 2.24) is 20.2 Å². The standard InChI is InChI=1S/C19H19ClFN5/c1-22-19(24-11-14-2-5-16(20)6-3-14)25-12-15-4-7-18(17(21)10-15)26-9-8-23-13-26/h2-10,13H,11-12H2,1H3,(H2,22,24,25). The second-order valence-electron chi connectivity index (χ2n) is 5.66. The van der Waals surface area contributed by atoms with Gasteiger partial charge in [0.15, 0.2) is 5.96 Å². The van der Waals surface area contributed by atoms with Gasteiger partial charge >= 0.3 is 0 Å². The monoisotopic (exact) mass is 371 g/mol. The molecule has 0 fully saturated rings. The van der Waals surface area contributed by atoms with E-state index in [2.05, 4.69) is 20.6 Å². The third-order valence-electron chi connectivity index (χ3n) is 3.85. The Morgan fingerprint density at radius 3 is 2.42 bits per heavy atom. The first kappa shape index (κ1) is 17.9. The Hall–Kier alpha value is -2.86. The average Bonchev–Trinajstić information content (AvgIpc) is 3.18. The molecule has 2 N–H and O–H groups in total. The van der Waals surface area contributed by atoms with Crippen LogP contribution in [0.2, 0.25) is 5.02 Å². The maximum Gasteiger partial charge on any atom is 0.191 e. The largest absolute Gasteiger partial charge is 0.352 e. The Morgan fingerprint density at radius 1 is 1.12 bits per heavy atom. The Bertz CT molecular complexity index is 875. The molecule has 0 aliphatic rings. The van der Waals surface area contributed by atoms with Crippen LogP contribution < -0.4 is 10.6 Å². The van der Waals surface area contributed by atoms with Crippen molar-refractivity contribution >= 4 is 17.6 Å². The van der Waals surface area contributed by atoms with E-state index in [0.29, 0.717) is 29.8 Å². The number of hydrogen-bond acceptors (Lipinski definition) is 2. The van der Waals surface area contributed by atoms with E-state index in [-0.39, 0.29) is 5.82 Å². The third kappa shape index (κ3) is 4.61. The Balaban J connectivity index is 1.56. The lowest BCUT2D eigenvalue weighted by molar-refractivity contribution is 0.615. The highest BCUT2D eigenvalue weighted by atomic mass is 35.5. The van der Waals surface area contributed by atoms with E-state index in [4.69, 9.17) is 11.6 Å². The molecule has 0 aliphatic heterocycles. The molecule has 0 bridgehead atoms. The molecular weight excluding hydrogens is 353 g/mol. The van der Waals surface area contributed by atoms with Crippen LogP contribution in [0.5, 0.6) is 0 Å². The predicted octanol–water partition coefficient (Wildman–Crippen LogP) is 3.53. The lowest BCUT2D eigenvalue weighted by atomic mass is 10.2. The number of rotatable bonds is 5. The zero-order valence-corrected chi connectivity index (χ0v) is 15.0. The van der Waals surface area contributed by atoms with Crippen LogP contribution in [-0.4, -0.2) is 22.6 Å². The molecular formula is C19H19ClFN5. The second-order valence-corrected chi connectivity index (χ2v) is 6.10. The van der Waals surface area contributed by atoms with Gasteiger partial charge in [-0.25, -0.2) is 9.37 Å². The highest BCUT2D eigenvalue weighted by Crippen LogP contribution is 2.15. The summed E-state index contributed by atoms with van der Waals surface area (Å²) in [6.07, 6.45) is 4.89. The summed E-state index contributed by atoms with van der Waals surface area (Å²) in [7, 11) is 1.69. The molecule has 0 spiro atoms. The smallest absolute Gasteiger partial charge is 0.191 e. The molecule has 3 aromatic rings.